The molecule has 0 bridgehead atoms. The molecule has 4 N–H and O–H groups in total. The van der Waals surface area contributed by atoms with E-state index in [4.69, 9.17) is 27.1 Å². The molecule has 5 unspecified atom stereocenters. The number of aryl methyl sites for hydroxylation is 2. The predicted molar refractivity (Wildman–Crippen MR) is 183 cm³/mol. The fourth-order valence-electron chi connectivity index (χ4n) is 7.76. The van der Waals surface area contributed by atoms with Gasteiger partial charge in [0.25, 0.3) is 5.91 Å². The molecule has 2 amide bonds. The number of methoxy groups -OCH3 is 1. The summed E-state index contributed by atoms with van der Waals surface area (Å²) >= 11 is 7.09. The maximum Gasteiger partial charge on any atom is 0.266 e. The maximum atomic E-state index is 13.8. The van der Waals surface area contributed by atoms with E-state index in [0.29, 0.717) is 69.2 Å². The van der Waals surface area contributed by atoms with E-state index in [1.807, 2.05) is 42.2 Å². The van der Waals surface area contributed by atoms with E-state index in [9.17, 15) is 14.7 Å². The third-order valence-corrected chi connectivity index (χ3v) is 11.8. The van der Waals surface area contributed by atoms with Crippen LogP contribution in [0.2, 0.25) is 0 Å². The second-order valence-corrected chi connectivity index (χ2v) is 14.9. The highest BCUT2D eigenvalue weighted by atomic mass is 32.2. The van der Waals surface area contributed by atoms with Gasteiger partial charge in [-0.05, 0) is 98.4 Å². The largest absolute Gasteiger partial charge is 0.508 e. The molecular formula is C36H39N3O5S2. The van der Waals surface area contributed by atoms with Crippen LogP contribution >= 0.6 is 24.0 Å². The molecular weight excluding hydrogens is 619 g/mol. The highest BCUT2D eigenvalue weighted by Gasteiger charge is 2.72. The van der Waals surface area contributed by atoms with E-state index >= 15 is 0 Å². The number of ether oxygens (including phenoxy) is 1. The number of thioether (sulfide) groups is 1. The van der Waals surface area contributed by atoms with E-state index in [2.05, 4.69) is 5.32 Å². The van der Waals surface area contributed by atoms with Crippen LogP contribution in [-0.2, 0) is 22.4 Å². The lowest BCUT2D eigenvalue weighted by molar-refractivity contribution is -0.124. The summed E-state index contributed by atoms with van der Waals surface area (Å²) in [5, 5.41) is 13.2. The van der Waals surface area contributed by atoms with Crippen molar-refractivity contribution < 1.29 is 23.8 Å². The zero-order valence-electron chi connectivity index (χ0n) is 26.1. The number of hydrogen-bond donors (Lipinski definition) is 3. The lowest BCUT2D eigenvalue weighted by Gasteiger charge is -2.34. The number of nitrogens with zero attached hydrogens (tertiary/aromatic N) is 1. The highest BCUT2D eigenvalue weighted by Crippen LogP contribution is 2.77. The number of amides is 2. The first-order chi connectivity index (χ1) is 22.1. The number of thiocarbonyl (C=S) groups is 1. The minimum absolute atomic E-state index is 0.0406. The van der Waals surface area contributed by atoms with Gasteiger partial charge in [-0.15, -0.1) is 0 Å². The Balaban J connectivity index is 1.06. The Morgan fingerprint density at radius 3 is 2.76 bits per heavy atom. The van der Waals surface area contributed by atoms with Gasteiger partial charge in [0, 0.05) is 30.3 Å². The molecule has 1 aromatic heterocycles. The summed E-state index contributed by atoms with van der Waals surface area (Å²) in [6.45, 7) is 2.46. The van der Waals surface area contributed by atoms with Crippen molar-refractivity contribution >= 4 is 46.2 Å². The highest BCUT2D eigenvalue weighted by molar-refractivity contribution is 8.26. The zero-order valence-corrected chi connectivity index (χ0v) is 27.7. The Kier molecular flexibility index (Phi) is 8.23. The van der Waals surface area contributed by atoms with Crippen molar-refractivity contribution in [3.05, 3.63) is 75.9 Å². The van der Waals surface area contributed by atoms with Crippen molar-refractivity contribution in [2.24, 2.45) is 23.0 Å². The molecule has 10 heteroatoms. The van der Waals surface area contributed by atoms with Crippen LogP contribution in [0.4, 0.5) is 0 Å². The molecule has 5 atom stereocenters. The monoisotopic (exact) mass is 657 g/mol. The number of nitrogens with one attached hydrogen (secondary N) is 1. The molecule has 2 aromatic carbocycles. The minimum Gasteiger partial charge on any atom is -0.508 e. The Morgan fingerprint density at radius 1 is 1.28 bits per heavy atom. The number of nitrogens with two attached hydrogens (primary N) is 1. The van der Waals surface area contributed by atoms with Gasteiger partial charge < -0.3 is 25.3 Å². The number of carbonyl (C=O) groups excluding carboxylic acids is 2. The smallest absolute Gasteiger partial charge is 0.266 e. The Bertz CT molecular complexity index is 1730. The third kappa shape index (κ3) is 5.75. The zero-order chi connectivity index (χ0) is 32.2. The van der Waals surface area contributed by atoms with Crippen LogP contribution in [0.1, 0.15) is 54.6 Å². The molecule has 46 heavy (non-hydrogen) atoms. The standard InChI is InChI=1S/C36H39N3O5S2/c1-20-5-7-21(8-6-20)12-28(37)33(41)38-11-3-4-22-15-30(23-13-25(40)17-26(14-23)43-2)44-31(22)18-32-34(42)39(35(45)46-32)29-16-24-9-10-36(24)19-27(29)36/h5-8,13-15,17-18,24,27-29,40H,3-4,9-12,16,19,37H2,1-2H3,(H,38,41). The van der Waals surface area contributed by atoms with Crippen molar-refractivity contribution in [1.82, 2.24) is 10.2 Å². The first-order valence-corrected chi connectivity index (χ1v) is 17.2. The third-order valence-electron chi connectivity index (χ3n) is 10.4. The van der Waals surface area contributed by atoms with E-state index in [0.717, 1.165) is 29.0 Å². The van der Waals surface area contributed by atoms with Gasteiger partial charge in [-0.2, -0.15) is 0 Å². The van der Waals surface area contributed by atoms with Crippen molar-refractivity contribution in [2.75, 3.05) is 13.7 Å². The van der Waals surface area contributed by atoms with Crippen molar-refractivity contribution in [2.45, 2.75) is 64.0 Å². The van der Waals surface area contributed by atoms with Gasteiger partial charge in [-0.25, -0.2) is 0 Å². The van der Waals surface area contributed by atoms with Crippen LogP contribution in [0.3, 0.4) is 0 Å². The average molecular weight is 658 g/mol. The van der Waals surface area contributed by atoms with Gasteiger partial charge in [-0.3, -0.25) is 14.5 Å². The van der Waals surface area contributed by atoms with Crippen LogP contribution in [0.5, 0.6) is 11.5 Å². The Morgan fingerprint density at radius 2 is 2.09 bits per heavy atom. The van der Waals surface area contributed by atoms with Gasteiger partial charge in [0.05, 0.1) is 18.1 Å². The Hall–Kier alpha value is -3.60. The molecule has 3 saturated carbocycles. The lowest BCUT2D eigenvalue weighted by atomic mass is 9.71. The number of furan rings is 1. The molecule has 3 aromatic rings. The van der Waals surface area contributed by atoms with Crippen LogP contribution in [-0.4, -0.2) is 51.9 Å². The van der Waals surface area contributed by atoms with E-state index < -0.39 is 6.04 Å². The van der Waals surface area contributed by atoms with Crippen LogP contribution < -0.4 is 15.8 Å². The van der Waals surface area contributed by atoms with Gasteiger partial charge in [0.1, 0.15) is 27.3 Å². The predicted octanol–water partition coefficient (Wildman–Crippen LogP) is 5.98. The van der Waals surface area contributed by atoms with E-state index in [1.54, 1.807) is 25.3 Å². The fourth-order valence-corrected chi connectivity index (χ4v) is 9.11. The quantitative estimate of drug-likeness (QED) is 0.131. The van der Waals surface area contributed by atoms with Gasteiger partial charge in [0.2, 0.25) is 5.91 Å². The summed E-state index contributed by atoms with van der Waals surface area (Å²) in [4.78, 5) is 28.9. The van der Waals surface area contributed by atoms with Crippen molar-refractivity contribution in [1.29, 1.82) is 0 Å². The first-order valence-electron chi connectivity index (χ1n) is 16.0. The first kappa shape index (κ1) is 31.0. The van der Waals surface area contributed by atoms with Crippen LogP contribution in [0.15, 0.2) is 57.9 Å². The van der Waals surface area contributed by atoms with Crippen molar-refractivity contribution in [3.8, 4) is 22.8 Å². The van der Waals surface area contributed by atoms with E-state index in [1.165, 1.54) is 37.1 Å². The summed E-state index contributed by atoms with van der Waals surface area (Å²) in [6, 6.07) is 14.5. The van der Waals surface area contributed by atoms with Crippen molar-refractivity contribution in [3.63, 3.8) is 0 Å². The summed E-state index contributed by atoms with van der Waals surface area (Å²) < 4.78 is 12.3. The molecule has 4 aliphatic rings. The van der Waals surface area contributed by atoms with Crippen LogP contribution in [0, 0.1) is 24.2 Å². The number of hydrogen-bond acceptors (Lipinski definition) is 8. The lowest BCUT2D eigenvalue weighted by Crippen LogP contribution is -2.42. The van der Waals surface area contributed by atoms with Gasteiger partial charge in [-0.1, -0.05) is 53.8 Å². The summed E-state index contributed by atoms with van der Waals surface area (Å²) in [5.74, 6) is 2.76. The molecule has 3 aliphatic carbocycles. The van der Waals surface area contributed by atoms with Crippen LogP contribution in [0.25, 0.3) is 17.4 Å². The van der Waals surface area contributed by atoms with Gasteiger partial charge >= 0.3 is 0 Å². The van der Waals surface area contributed by atoms with E-state index in [-0.39, 0.29) is 23.6 Å². The number of phenolic OH excluding ortho intramolecular Hbond substituents is 1. The molecule has 4 fully saturated rings. The van der Waals surface area contributed by atoms with Gasteiger partial charge in [0.15, 0.2) is 0 Å². The minimum atomic E-state index is -0.637. The number of aromatic hydroxyl groups is 1. The molecule has 7 rings (SSSR count). The second kappa shape index (κ2) is 12.2. The number of phenols is 1. The average Bonchev–Trinajstić information content (AvgIpc) is 3.53. The second-order valence-electron chi connectivity index (χ2n) is 13.2. The number of benzene rings is 2. The number of carbonyl (C=O) groups is 2. The topological polar surface area (TPSA) is 118 Å². The SMILES string of the molecule is COc1cc(O)cc(-c2cc(CCCNC(=O)C(N)Cc3ccc(C)cc3)c(C=C3SC(=S)N(C4CC5CCC56CC46)C3=O)o2)c1. The maximum absolute atomic E-state index is 13.8. The molecule has 1 spiro atoms. The molecule has 1 aliphatic heterocycles. The normalized spacial score (nSPS) is 26.1. The summed E-state index contributed by atoms with van der Waals surface area (Å²) in [7, 11) is 1.54. The fraction of sp³-hybridized carbons (Fsp3) is 0.417. The summed E-state index contributed by atoms with van der Waals surface area (Å²) in [6.07, 6.45) is 8.35. The summed E-state index contributed by atoms with van der Waals surface area (Å²) in [5.41, 5.74) is 10.4. The molecule has 8 nitrogen and oxygen atoms in total. The molecule has 1 saturated heterocycles. The molecule has 240 valence electrons. The molecule has 0 radical (unpaired) electrons. The molecule has 2 heterocycles. The Labute approximate surface area is 278 Å². The number of rotatable bonds is 11.